The molecule has 0 bridgehead atoms. The standard InChI is InChI=1S/C52H30N2/c1-2-10-46-45(9-1)53-51(39-19-11-31(12-20-39)41-27-23-37-17-15-33-5-3-7-35-25-29-43(41)49(37)47(33)35)52(54-46)40-21-13-32(14-22-40)42-28-24-38-18-16-34-6-4-8-36-26-30-44(42)50(38)48(34)36/h1-30H. The second-order valence-electron chi connectivity index (χ2n) is 14.5. The molecule has 248 valence electrons. The summed E-state index contributed by atoms with van der Waals surface area (Å²) in [5.74, 6) is 0. The first kappa shape index (κ1) is 29.4. The molecule has 1 aromatic heterocycles. The monoisotopic (exact) mass is 682 g/mol. The van der Waals surface area contributed by atoms with Crippen molar-refractivity contribution in [1.82, 2.24) is 9.97 Å². The Morgan fingerprint density at radius 2 is 0.574 bits per heavy atom. The highest BCUT2D eigenvalue weighted by Crippen LogP contribution is 2.42. The van der Waals surface area contributed by atoms with Crippen molar-refractivity contribution in [1.29, 1.82) is 0 Å². The fourth-order valence-electron chi connectivity index (χ4n) is 8.99. The Kier molecular flexibility index (Phi) is 6.09. The maximum atomic E-state index is 5.24. The first-order valence-electron chi connectivity index (χ1n) is 18.6. The van der Waals surface area contributed by atoms with Crippen molar-refractivity contribution in [3.05, 3.63) is 182 Å². The van der Waals surface area contributed by atoms with Crippen LogP contribution in [0.15, 0.2) is 182 Å². The Bertz CT molecular complexity index is 3150. The van der Waals surface area contributed by atoms with Crippen molar-refractivity contribution < 1.29 is 0 Å². The van der Waals surface area contributed by atoms with Gasteiger partial charge in [0, 0.05) is 11.1 Å². The van der Waals surface area contributed by atoms with Crippen molar-refractivity contribution >= 4 is 75.7 Å². The summed E-state index contributed by atoms with van der Waals surface area (Å²) in [6, 6.07) is 66.2. The Labute approximate surface area is 311 Å². The zero-order valence-corrected chi connectivity index (χ0v) is 29.2. The molecule has 54 heavy (non-hydrogen) atoms. The van der Waals surface area contributed by atoms with Gasteiger partial charge in [0.25, 0.3) is 0 Å². The van der Waals surface area contributed by atoms with E-state index < -0.39 is 0 Å². The summed E-state index contributed by atoms with van der Waals surface area (Å²) in [5.41, 5.74) is 10.5. The van der Waals surface area contributed by atoms with Gasteiger partial charge in [-0.3, -0.25) is 0 Å². The molecule has 0 spiro atoms. The molecule has 0 unspecified atom stereocenters. The van der Waals surface area contributed by atoms with Gasteiger partial charge in [0.2, 0.25) is 0 Å². The smallest absolute Gasteiger partial charge is 0.0973 e. The molecule has 0 saturated carbocycles. The molecule has 2 heteroatoms. The molecule has 0 aliphatic carbocycles. The molecule has 0 radical (unpaired) electrons. The Morgan fingerprint density at radius 1 is 0.241 bits per heavy atom. The van der Waals surface area contributed by atoms with Crippen LogP contribution in [0.4, 0.5) is 0 Å². The summed E-state index contributed by atoms with van der Waals surface area (Å²) in [6.45, 7) is 0. The minimum Gasteiger partial charge on any atom is -0.244 e. The van der Waals surface area contributed by atoms with Crippen molar-refractivity contribution in [3.8, 4) is 44.8 Å². The summed E-state index contributed by atoms with van der Waals surface area (Å²) in [7, 11) is 0. The quantitative estimate of drug-likeness (QED) is 0.173. The van der Waals surface area contributed by atoms with E-state index in [2.05, 4.69) is 158 Å². The van der Waals surface area contributed by atoms with Crippen molar-refractivity contribution in [2.24, 2.45) is 0 Å². The van der Waals surface area contributed by atoms with Crippen LogP contribution in [-0.2, 0) is 0 Å². The molecule has 0 saturated heterocycles. The molecule has 0 N–H and O–H groups in total. The topological polar surface area (TPSA) is 25.8 Å². The first-order valence-corrected chi connectivity index (χ1v) is 18.6. The number of hydrogen-bond acceptors (Lipinski definition) is 2. The lowest BCUT2D eigenvalue weighted by atomic mass is 9.89. The SMILES string of the molecule is c1cc2ccc3ccc(-c4ccc(-c5nc6ccccc6nc5-c5ccc(-c6ccc7ccc8cccc9ccc6c7c89)cc5)cc4)c4ccc(c1)c2c34. The third-order valence-electron chi connectivity index (χ3n) is 11.6. The van der Waals surface area contributed by atoms with Gasteiger partial charge < -0.3 is 0 Å². The second-order valence-corrected chi connectivity index (χ2v) is 14.5. The average Bonchev–Trinajstić information content (AvgIpc) is 3.24. The van der Waals surface area contributed by atoms with E-state index in [1.54, 1.807) is 0 Å². The normalized spacial score (nSPS) is 12.1. The van der Waals surface area contributed by atoms with Crippen LogP contribution < -0.4 is 0 Å². The highest BCUT2D eigenvalue weighted by atomic mass is 14.8. The predicted molar refractivity (Wildman–Crippen MR) is 229 cm³/mol. The van der Waals surface area contributed by atoms with Gasteiger partial charge in [-0.15, -0.1) is 0 Å². The summed E-state index contributed by atoms with van der Waals surface area (Å²) in [6.07, 6.45) is 0. The number of benzene rings is 11. The fourth-order valence-corrected chi connectivity index (χ4v) is 8.99. The molecule has 0 aliphatic rings. The van der Waals surface area contributed by atoms with Crippen molar-refractivity contribution in [2.45, 2.75) is 0 Å². The fraction of sp³-hybridized carbons (Fsp3) is 0. The lowest BCUT2D eigenvalue weighted by Gasteiger charge is -2.15. The van der Waals surface area contributed by atoms with Gasteiger partial charge in [0.05, 0.1) is 22.4 Å². The second kappa shape index (κ2) is 11.2. The maximum absolute atomic E-state index is 5.24. The van der Waals surface area contributed by atoms with E-state index >= 15 is 0 Å². The Morgan fingerprint density at radius 3 is 0.981 bits per heavy atom. The molecule has 1 heterocycles. The van der Waals surface area contributed by atoms with Gasteiger partial charge in [-0.25, -0.2) is 9.97 Å². The number of hydrogen-bond donors (Lipinski definition) is 0. The maximum Gasteiger partial charge on any atom is 0.0973 e. The molecule has 0 atom stereocenters. The van der Waals surface area contributed by atoms with Crippen LogP contribution in [0, 0.1) is 0 Å². The number of aromatic nitrogens is 2. The van der Waals surface area contributed by atoms with E-state index in [0.29, 0.717) is 0 Å². The van der Waals surface area contributed by atoms with Crippen LogP contribution in [0.2, 0.25) is 0 Å². The number of nitrogens with zero attached hydrogens (tertiary/aromatic N) is 2. The lowest BCUT2D eigenvalue weighted by molar-refractivity contribution is 1.29. The lowest BCUT2D eigenvalue weighted by Crippen LogP contribution is -1.96. The van der Waals surface area contributed by atoms with E-state index in [-0.39, 0.29) is 0 Å². The number of rotatable bonds is 4. The Hall–Kier alpha value is -7.16. The van der Waals surface area contributed by atoms with Crippen LogP contribution in [0.25, 0.3) is 120 Å². The minimum atomic E-state index is 0.881. The number of para-hydroxylation sites is 2. The van der Waals surface area contributed by atoms with E-state index in [4.69, 9.17) is 9.97 Å². The number of fused-ring (bicyclic) bond motifs is 1. The van der Waals surface area contributed by atoms with E-state index in [1.807, 2.05) is 24.3 Å². The zero-order chi connectivity index (χ0) is 35.3. The average molecular weight is 683 g/mol. The summed E-state index contributed by atoms with van der Waals surface area (Å²) in [5, 5.41) is 15.6. The van der Waals surface area contributed by atoms with E-state index in [9.17, 15) is 0 Å². The zero-order valence-electron chi connectivity index (χ0n) is 29.2. The molecular formula is C52H30N2. The molecule has 0 amide bonds. The molecule has 0 fully saturated rings. The van der Waals surface area contributed by atoms with Crippen LogP contribution >= 0.6 is 0 Å². The molecule has 11 aromatic carbocycles. The highest BCUT2D eigenvalue weighted by Gasteiger charge is 2.17. The van der Waals surface area contributed by atoms with Crippen LogP contribution in [0.3, 0.4) is 0 Å². The van der Waals surface area contributed by atoms with Crippen LogP contribution in [0.5, 0.6) is 0 Å². The Balaban J connectivity index is 0.967. The first-order chi connectivity index (χ1) is 26.7. The molecule has 12 rings (SSSR count). The van der Waals surface area contributed by atoms with Gasteiger partial charge in [0.1, 0.15) is 0 Å². The van der Waals surface area contributed by atoms with Gasteiger partial charge in [-0.2, -0.15) is 0 Å². The third kappa shape index (κ3) is 4.28. The predicted octanol–water partition coefficient (Wildman–Crippen LogP) is 14.1. The minimum absolute atomic E-state index is 0.881. The van der Waals surface area contributed by atoms with Gasteiger partial charge in [-0.1, -0.05) is 170 Å². The van der Waals surface area contributed by atoms with E-state index in [0.717, 1.165) is 33.5 Å². The largest absolute Gasteiger partial charge is 0.244 e. The van der Waals surface area contributed by atoms with Gasteiger partial charge >= 0.3 is 0 Å². The van der Waals surface area contributed by atoms with Crippen LogP contribution in [0.1, 0.15) is 0 Å². The van der Waals surface area contributed by atoms with Crippen molar-refractivity contribution in [2.75, 3.05) is 0 Å². The molecule has 2 nitrogen and oxygen atoms in total. The molecule has 12 aromatic rings. The van der Waals surface area contributed by atoms with Gasteiger partial charge in [0.15, 0.2) is 0 Å². The highest BCUT2D eigenvalue weighted by molar-refractivity contribution is 6.26. The summed E-state index contributed by atoms with van der Waals surface area (Å²) >= 11 is 0. The summed E-state index contributed by atoms with van der Waals surface area (Å²) in [4.78, 5) is 10.5. The summed E-state index contributed by atoms with van der Waals surface area (Å²) < 4.78 is 0. The van der Waals surface area contributed by atoms with Gasteiger partial charge in [-0.05, 0) is 99.0 Å². The third-order valence-corrected chi connectivity index (χ3v) is 11.6. The van der Waals surface area contributed by atoms with Crippen molar-refractivity contribution in [3.63, 3.8) is 0 Å². The van der Waals surface area contributed by atoms with E-state index in [1.165, 1.54) is 86.9 Å². The van der Waals surface area contributed by atoms with Crippen LogP contribution in [-0.4, -0.2) is 9.97 Å². The molecule has 0 aliphatic heterocycles. The molecular weight excluding hydrogens is 653 g/mol.